The van der Waals surface area contributed by atoms with Crippen molar-refractivity contribution < 1.29 is 39.5 Å². The van der Waals surface area contributed by atoms with E-state index in [0.29, 0.717) is 24.8 Å². The van der Waals surface area contributed by atoms with E-state index in [1.54, 1.807) is 19.1 Å². The molecule has 8 nitrogen and oxygen atoms in total. The van der Waals surface area contributed by atoms with Crippen molar-refractivity contribution in [2.75, 3.05) is 6.61 Å². The van der Waals surface area contributed by atoms with Crippen molar-refractivity contribution in [3.05, 3.63) is 23.3 Å². The normalized spacial score (nSPS) is 42.6. The van der Waals surface area contributed by atoms with Gasteiger partial charge in [-0.15, -0.1) is 0 Å². The lowest BCUT2D eigenvalue weighted by atomic mass is 9.58. The number of carbonyl (C=O) groups is 2. The van der Waals surface area contributed by atoms with Crippen molar-refractivity contribution in [2.45, 2.75) is 116 Å². The first-order chi connectivity index (χ1) is 17.8. The van der Waals surface area contributed by atoms with Crippen LogP contribution in [0.2, 0.25) is 0 Å². The van der Waals surface area contributed by atoms with Gasteiger partial charge in [-0.25, -0.2) is 0 Å². The summed E-state index contributed by atoms with van der Waals surface area (Å²) in [6, 6.07) is 0. The van der Waals surface area contributed by atoms with Crippen LogP contribution >= 0.6 is 0 Å². The van der Waals surface area contributed by atoms with E-state index in [9.17, 15) is 30.0 Å². The van der Waals surface area contributed by atoms with Gasteiger partial charge in [0, 0.05) is 30.1 Å². The van der Waals surface area contributed by atoms with Gasteiger partial charge in [0.15, 0.2) is 0 Å². The molecule has 0 aromatic carbocycles. The maximum atomic E-state index is 12.8. The summed E-state index contributed by atoms with van der Waals surface area (Å²) in [5, 5.41) is 47.3. The van der Waals surface area contributed by atoms with E-state index >= 15 is 0 Å². The molecule has 0 amide bonds. The van der Waals surface area contributed by atoms with Crippen molar-refractivity contribution in [1.82, 2.24) is 0 Å². The van der Waals surface area contributed by atoms with Crippen molar-refractivity contribution in [2.24, 2.45) is 28.6 Å². The molecule has 4 aliphatic rings. The number of carbonyl (C=O) groups excluding carboxylic acids is 2. The van der Waals surface area contributed by atoms with Gasteiger partial charge in [-0.2, -0.15) is 0 Å². The zero-order valence-electron chi connectivity index (χ0n) is 23.7. The van der Waals surface area contributed by atoms with E-state index in [0.717, 1.165) is 12.8 Å². The summed E-state index contributed by atoms with van der Waals surface area (Å²) in [6.07, 6.45) is 3.38. The molecule has 8 heteroatoms. The third-order valence-corrected chi connectivity index (χ3v) is 10.3. The van der Waals surface area contributed by atoms with Gasteiger partial charge in [0.2, 0.25) is 0 Å². The zero-order valence-corrected chi connectivity index (χ0v) is 23.7. The minimum Gasteiger partial charge on any atom is -0.461 e. The predicted molar refractivity (Wildman–Crippen MR) is 141 cm³/mol. The number of esters is 2. The molecule has 0 saturated heterocycles. The van der Waals surface area contributed by atoms with Crippen molar-refractivity contribution in [3.63, 3.8) is 0 Å². The first-order valence-electron chi connectivity index (χ1n) is 14.3. The summed E-state index contributed by atoms with van der Waals surface area (Å²) in [5.41, 5.74) is -4.20. The number of aliphatic hydroxyl groups excluding tert-OH is 3. The fourth-order valence-corrected chi connectivity index (χ4v) is 8.24. The van der Waals surface area contributed by atoms with Gasteiger partial charge in [0.05, 0.1) is 11.5 Å². The Morgan fingerprint density at radius 1 is 1.03 bits per heavy atom. The highest BCUT2D eigenvalue weighted by Crippen LogP contribution is 2.76. The molecule has 4 rings (SSSR count). The van der Waals surface area contributed by atoms with Gasteiger partial charge in [-0.1, -0.05) is 59.6 Å². The number of fused-ring (bicyclic) bond motifs is 3. The van der Waals surface area contributed by atoms with Crippen LogP contribution in [0.3, 0.4) is 0 Å². The first kappa shape index (κ1) is 29.2. The summed E-state index contributed by atoms with van der Waals surface area (Å²) >= 11 is 0. The molecule has 1 spiro atoms. The van der Waals surface area contributed by atoms with Crippen molar-refractivity contribution >= 4 is 11.9 Å². The van der Waals surface area contributed by atoms with Crippen LogP contribution in [0.25, 0.3) is 0 Å². The fourth-order valence-electron chi connectivity index (χ4n) is 8.24. The lowest BCUT2D eigenvalue weighted by Gasteiger charge is -2.51. The van der Waals surface area contributed by atoms with Gasteiger partial charge in [-0.3, -0.25) is 9.59 Å². The van der Waals surface area contributed by atoms with E-state index in [4.69, 9.17) is 9.47 Å². The molecule has 4 aliphatic carbocycles. The SMILES string of the molecule is CCCCCC(=O)OCC1=C[C@@H]2C(O)[C@]3(C=C(C)[C@H](O)[C@@]3(O)[C@@H]1O)[C@H](C)C[C@]1(OC(=O)CCC)[C@H]2C1(C)C. The van der Waals surface area contributed by atoms with Gasteiger partial charge in [0.1, 0.15) is 30.0 Å². The second kappa shape index (κ2) is 10.0. The molecule has 2 fully saturated rings. The van der Waals surface area contributed by atoms with Crippen LogP contribution in [0.1, 0.15) is 86.5 Å². The molecule has 0 aromatic heterocycles. The van der Waals surface area contributed by atoms with E-state index in [-0.39, 0.29) is 36.9 Å². The van der Waals surface area contributed by atoms with Gasteiger partial charge < -0.3 is 29.9 Å². The van der Waals surface area contributed by atoms with Crippen molar-refractivity contribution in [3.8, 4) is 0 Å². The van der Waals surface area contributed by atoms with Crippen LogP contribution in [0.4, 0.5) is 0 Å². The van der Waals surface area contributed by atoms with Gasteiger partial charge in [-0.05, 0) is 43.3 Å². The first-order valence-corrected chi connectivity index (χ1v) is 14.3. The number of hydrogen-bond donors (Lipinski definition) is 4. The molecular formula is C30H46O8. The lowest BCUT2D eigenvalue weighted by molar-refractivity contribution is -0.217. The average molecular weight is 535 g/mol. The predicted octanol–water partition coefficient (Wildman–Crippen LogP) is 3.20. The molecule has 1 unspecified atom stereocenters. The topological polar surface area (TPSA) is 134 Å². The number of rotatable bonds is 9. The molecule has 0 aromatic rings. The standard InChI is InChI=1S/C30H46O8/c1-7-9-10-12-21(31)37-16-19-13-20-23-27(5,6)29(23,38-22(32)11-8-2)15-18(4)28(26(20)35)14-17(3)24(33)30(28,36)25(19)34/h13-14,18,20,23-26,33-36H,7-12,15-16H2,1-6H3/t18-,20+,23-,24+,25-,26?,28+,29+,30-/m1/s1. The third kappa shape index (κ3) is 3.93. The molecule has 0 aliphatic heterocycles. The smallest absolute Gasteiger partial charge is 0.306 e. The molecule has 0 heterocycles. The van der Waals surface area contributed by atoms with Crippen LogP contribution < -0.4 is 0 Å². The van der Waals surface area contributed by atoms with E-state index in [2.05, 4.69) is 0 Å². The molecule has 2 saturated carbocycles. The second-order valence-corrected chi connectivity index (χ2v) is 12.8. The Morgan fingerprint density at radius 2 is 1.71 bits per heavy atom. The lowest BCUT2D eigenvalue weighted by Crippen LogP contribution is -2.66. The van der Waals surface area contributed by atoms with Crippen LogP contribution in [0.5, 0.6) is 0 Å². The number of ether oxygens (including phenoxy) is 2. The monoisotopic (exact) mass is 534 g/mol. The highest BCUT2D eigenvalue weighted by molar-refractivity contribution is 5.71. The average Bonchev–Trinajstić information content (AvgIpc) is 3.26. The summed E-state index contributed by atoms with van der Waals surface area (Å²) in [5.74, 6) is -2.06. The molecule has 2 bridgehead atoms. The van der Waals surface area contributed by atoms with Crippen LogP contribution in [-0.4, -0.2) is 68.5 Å². The Bertz CT molecular complexity index is 1020. The minimum atomic E-state index is -2.15. The quantitative estimate of drug-likeness (QED) is 0.201. The molecular weight excluding hydrogens is 488 g/mol. The molecule has 38 heavy (non-hydrogen) atoms. The fraction of sp³-hybridized carbons (Fsp3) is 0.800. The summed E-state index contributed by atoms with van der Waals surface area (Å²) < 4.78 is 11.7. The highest BCUT2D eigenvalue weighted by Gasteiger charge is 2.82. The highest BCUT2D eigenvalue weighted by atomic mass is 16.6. The van der Waals surface area contributed by atoms with Gasteiger partial charge in [0.25, 0.3) is 0 Å². The summed E-state index contributed by atoms with van der Waals surface area (Å²) in [4.78, 5) is 25.2. The van der Waals surface area contributed by atoms with Crippen LogP contribution in [0.15, 0.2) is 23.3 Å². The van der Waals surface area contributed by atoms with E-state index in [1.165, 1.54) is 0 Å². The molecule has 214 valence electrons. The van der Waals surface area contributed by atoms with Crippen LogP contribution in [-0.2, 0) is 19.1 Å². The largest absolute Gasteiger partial charge is 0.461 e. The molecule has 9 atom stereocenters. The van der Waals surface area contributed by atoms with Crippen molar-refractivity contribution in [1.29, 1.82) is 0 Å². The Labute approximate surface area is 226 Å². The Hall–Kier alpha value is -1.74. The number of aliphatic hydroxyl groups is 4. The second-order valence-electron chi connectivity index (χ2n) is 12.8. The van der Waals surface area contributed by atoms with Crippen LogP contribution in [0, 0.1) is 28.6 Å². The Balaban J connectivity index is 1.79. The minimum absolute atomic E-state index is 0.245. The maximum Gasteiger partial charge on any atom is 0.306 e. The zero-order chi connectivity index (χ0) is 28.3. The molecule has 0 radical (unpaired) electrons. The Morgan fingerprint density at radius 3 is 2.34 bits per heavy atom. The Kier molecular flexibility index (Phi) is 7.71. The maximum absolute atomic E-state index is 12.8. The van der Waals surface area contributed by atoms with E-state index in [1.807, 2.05) is 34.6 Å². The summed E-state index contributed by atoms with van der Waals surface area (Å²) in [7, 11) is 0. The third-order valence-electron chi connectivity index (χ3n) is 10.3. The molecule has 4 N–H and O–H groups in total. The van der Waals surface area contributed by atoms with E-state index < -0.39 is 58.1 Å². The summed E-state index contributed by atoms with van der Waals surface area (Å²) in [6.45, 7) is 11.3. The number of hydrogen-bond acceptors (Lipinski definition) is 8. The van der Waals surface area contributed by atoms with Gasteiger partial charge >= 0.3 is 11.9 Å². The number of unbranched alkanes of at least 4 members (excludes halogenated alkanes) is 2.